The average molecular weight is 345 g/mol. The van der Waals surface area contributed by atoms with Crippen molar-refractivity contribution in [1.82, 2.24) is 5.32 Å². The van der Waals surface area contributed by atoms with Gasteiger partial charge in [0.1, 0.15) is 5.70 Å². The number of rotatable bonds is 3. The fourth-order valence-electron chi connectivity index (χ4n) is 2.74. The van der Waals surface area contributed by atoms with Crippen LogP contribution in [-0.2, 0) is 11.0 Å². The van der Waals surface area contributed by atoms with Crippen molar-refractivity contribution < 1.29 is 18.0 Å². The number of carbonyl (C=O) groups excluding carboxylic acids is 1. The summed E-state index contributed by atoms with van der Waals surface area (Å²) in [4.78, 5) is 12.0. The first-order chi connectivity index (χ1) is 11.8. The first-order valence-corrected chi connectivity index (χ1v) is 7.41. The Kier molecular flexibility index (Phi) is 4.08. The van der Waals surface area contributed by atoms with Crippen LogP contribution in [0.4, 0.5) is 13.2 Å². The van der Waals surface area contributed by atoms with Crippen molar-refractivity contribution in [1.29, 1.82) is 5.41 Å². The molecule has 1 aliphatic rings. The standard InChI is InChI=1S/C18H14F3N3O/c19-18(20,21)12-8-4-7-11(9-12)16-13(15(23)17(25)24-16)14(22)10-5-2-1-3-6-10/h1-9,16,22H,23H2,(H,24,25). The number of hydrogen-bond acceptors (Lipinski definition) is 3. The van der Waals surface area contributed by atoms with Crippen molar-refractivity contribution in [3.05, 3.63) is 82.6 Å². The van der Waals surface area contributed by atoms with Crippen molar-refractivity contribution in [2.45, 2.75) is 12.2 Å². The third kappa shape index (κ3) is 3.13. The molecule has 2 aromatic rings. The Balaban J connectivity index is 2.05. The van der Waals surface area contributed by atoms with E-state index in [1.807, 2.05) is 0 Å². The molecule has 0 saturated heterocycles. The zero-order chi connectivity index (χ0) is 18.2. The predicted octanol–water partition coefficient (Wildman–Crippen LogP) is 3.16. The highest BCUT2D eigenvalue weighted by Crippen LogP contribution is 2.35. The lowest BCUT2D eigenvalue weighted by atomic mass is 9.92. The highest BCUT2D eigenvalue weighted by Gasteiger charge is 2.36. The van der Waals surface area contributed by atoms with Crippen LogP contribution in [0.15, 0.2) is 65.9 Å². The zero-order valence-corrected chi connectivity index (χ0v) is 12.9. The minimum absolute atomic E-state index is 0.00105. The third-order valence-electron chi connectivity index (χ3n) is 3.98. The molecule has 1 atom stereocenters. The minimum Gasteiger partial charge on any atom is -0.394 e. The Bertz CT molecular complexity index is 873. The Morgan fingerprint density at radius 3 is 2.40 bits per heavy atom. The average Bonchev–Trinajstić information content (AvgIpc) is 2.90. The molecule has 3 rings (SSSR count). The summed E-state index contributed by atoms with van der Waals surface area (Å²) in [6.45, 7) is 0. The molecule has 1 unspecified atom stereocenters. The van der Waals surface area contributed by atoms with Crippen molar-refractivity contribution in [2.75, 3.05) is 0 Å². The van der Waals surface area contributed by atoms with Crippen LogP contribution in [0.25, 0.3) is 0 Å². The zero-order valence-electron chi connectivity index (χ0n) is 12.9. The molecule has 0 radical (unpaired) electrons. The highest BCUT2D eigenvalue weighted by molar-refractivity contribution is 6.17. The number of hydrogen-bond donors (Lipinski definition) is 3. The van der Waals surface area contributed by atoms with Gasteiger partial charge in [-0.25, -0.2) is 0 Å². The summed E-state index contributed by atoms with van der Waals surface area (Å²) in [6.07, 6.45) is -4.50. The molecule has 7 heteroatoms. The van der Waals surface area contributed by atoms with Gasteiger partial charge in [-0.3, -0.25) is 10.2 Å². The molecule has 128 valence electrons. The molecule has 0 bridgehead atoms. The van der Waals surface area contributed by atoms with E-state index in [9.17, 15) is 18.0 Å². The van der Waals surface area contributed by atoms with E-state index < -0.39 is 23.7 Å². The molecule has 25 heavy (non-hydrogen) atoms. The normalized spacial score (nSPS) is 17.6. The summed E-state index contributed by atoms with van der Waals surface area (Å²) in [5.41, 5.74) is 5.76. The summed E-state index contributed by atoms with van der Waals surface area (Å²) in [5, 5.41) is 10.9. The number of benzene rings is 2. The van der Waals surface area contributed by atoms with Gasteiger partial charge in [0.05, 0.1) is 17.3 Å². The van der Waals surface area contributed by atoms with Crippen molar-refractivity contribution >= 4 is 11.6 Å². The summed E-state index contributed by atoms with van der Waals surface area (Å²) in [7, 11) is 0. The largest absolute Gasteiger partial charge is 0.416 e. The molecule has 1 amide bonds. The quantitative estimate of drug-likeness (QED) is 0.747. The van der Waals surface area contributed by atoms with E-state index in [2.05, 4.69) is 5.32 Å². The fourth-order valence-corrected chi connectivity index (χ4v) is 2.74. The van der Waals surface area contributed by atoms with Crippen LogP contribution in [-0.4, -0.2) is 11.6 Å². The van der Waals surface area contributed by atoms with E-state index in [4.69, 9.17) is 11.1 Å². The number of amides is 1. The second-order valence-corrected chi connectivity index (χ2v) is 5.60. The highest BCUT2D eigenvalue weighted by atomic mass is 19.4. The van der Waals surface area contributed by atoms with Crippen LogP contribution in [0.3, 0.4) is 0 Å². The number of nitrogens with two attached hydrogens (primary N) is 1. The Morgan fingerprint density at radius 1 is 1.08 bits per heavy atom. The van der Waals surface area contributed by atoms with Gasteiger partial charge in [-0.2, -0.15) is 13.2 Å². The number of halogens is 3. The maximum atomic E-state index is 13.0. The lowest BCUT2D eigenvalue weighted by molar-refractivity contribution is -0.137. The topological polar surface area (TPSA) is 79.0 Å². The van der Waals surface area contributed by atoms with Crippen molar-refractivity contribution in [3.8, 4) is 0 Å². The van der Waals surface area contributed by atoms with Crippen LogP contribution in [0, 0.1) is 5.41 Å². The molecular weight excluding hydrogens is 331 g/mol. The second-order valence-electron chi connectivity index (χ2n) is 5.60. The van der Waals surface area contributed by atoms with Crippen LogP contribution >= 0.6 is 0 Å². The van der Waals surface area contributed by atoms with Gasteiger partial charge in [0.25, 0.3) is 5.91 Å². The lowest BCUT2D eigenvalue weighted by Gasteiger charge is -2.18. The Labute approximate surface area is 141 Å². The smallest absolute Gasteiger partial charge is 0.394 e. The molecule has 1 aliphatic heterocycles. The third-order valence-corrected chi connectivity index (χ3v) is 3.98. The van der Waals surface area contributed by atoms with E-state index in [1.54, 1.807) is 30.3 Å². The fraction of sp³-hybridized carbons (Fsp3) is 0.111. The van der Waals surface area contributed by atoms with Crippen molar-refractivity contribution in [2.24, 2.45) is 5.73 Å². The minimum atomic E-state index is -4.50. The van der Waals surface area contributed by atoms with Gasteiger partial charge < -0.3 is 11.1 Å². The molecule has 0 aliphatic carbocycles. The summed E-state index contributed by atoms with van der Waals surface area (Å²) in [5.74, 6) is -0.599. The number of carbonyl (C=O) groups is 1. The van der Waals surface area contributed by atoms with E-state index >= 15 is 0 Å². The van der Waals surface area contributed by atoms with Crippen molar-refractivity contribution in [3.63, 3.8) is 0 Å². The van der Waals surface area contributed by atoms with E-state index in [0.29, 0.717) is 5.56 Å². The maximum Gasteiger partial charge on any atom is 0.416 e. The Hall–Kier alpha value is -3.09. The monoisotopic (exact) mass is 345 g/mol. The van der Waals surface area contributed by atoms with Gasteiger partial charge in [-0.05, 0) is 23.3 Å². The molecular formula is C18H14F3N3O. The summed E-state index contributed by atoms with van der Waals surface area (Å²) in [6, 6.07) is 12.3. The molecule has 0 fully saturated rings. The van der Waals surface area contributed by atoms with E-state index in [1.165, 1.54) is 12.1 Å². The van der Waals surface area contributed by atoms with Crippen LogP contribution in [0.1, 0.15) is 22.7 Å². The lowest BCUT2D eigenvalue weighted by Crippen LogP contribution is -2.24. The maximum absolute atomic E-state index is 13.0. The predicted molar refractivity (Wildman–Crippen MR) is 86.8 cm³/mol. The number of nitrogens with one attached hydrogen (secondary N) is 2. The van der Waals surface area contributed by atoms with Gasteiger partial charge in [-0.1, -0.05) is 42.5 Å². The van der Waals surface area contributed by atoms with Gasteiger partial charge in [0.2, 0.25) is 0 Å². The summed E-state index contributed by atoms with van der Waals surface area (Å²) >= 11 is 0. The number of alkyl halides is 3. The summed E-state index contributed by atoms with van der Waals surface area (Å²) < 4.78 is 38.9. The van der Waals surface area contributed by atoms with Crippen LogP contribution < -0.4 is 11.1 Å². The van der Waals surface area contributed by atoms with E-state index in [0.717, 1.165) is 12.1 Å². The SMILES string of the molecule is N=C(C1=C(N)C(=O)NC1c1cccc(C(F)(F)F)c1)c1ccccc1. The molecule has 2 aromatic carbocycles. The van der Waals surface area contributed by atoms with Gasteiger partial charge >= 0.3 is 6.18 Å². The first-order valence-electron chi connectivity index (χ1n) is 7.41. The first kappa shape index (κ1) is 16.8. The second kappa shape index (κ2) is 6.08. The Morgan fingerprint density at radius 2 is 1.76 bits per heavy atom. The molecule has 4 nitrogen and oxygen atoms in total. The van der Waals surface area contributed by atoms with Gasteiger partial charge in [0, 0.05) is 5.57 Å². The molecule has 0 aromatic heterocycles. The molecule has 0 saturated carbocycles. The molecule has 1 heterocycles. The molecule has 4 N–H and O–H groups in total. The van der Waals surface area contributed by atoms with Gasteiger partial charge in [-0.15, -0.1) is 0 Å². The molecule has 0 spiro atoms. The van der Waals surface area contributed by atoms with Crippen LogP contribution in [0.5, 0.6) is 0 Å². The van der Waals surface area contributed by atoms with Crippen LogP contribution in [0.2, 0.25) is 0 Å². The van der Waals surface area contributed by atoms with Gasteiger partial charge in [0.15, 0.2) is 0 Å². The van der Waals surface area contributed by atoms with E-state index in [-0.39, 0.29) is 22.5 Å².